The third-order valence-electron chi connectivity index (χ3n) is 5.97. The fourth-order valence-electron chi connectivity index (χ4n) is 4.27. The summed E-state index contributed by atoms with van der Waals surface area (Å²) in [5, 5.41) is 24.1. The molecule has 35 heavy (non-hydrogen) atoms. The van der Waals surface area contributed by atoms with E-state index >= 15 is 0 Å². The van der Waals surface area contributed by atoms with Gasteiger partial charge in [-0.1, -0.05) is 60.7 Å². The number of rotatable bonds is 7. The lowest BCUT2D eigenvalue weighted by Gasteiger charge is -2.30. The summed E-state index contributed by atoms with van der Waals surface area (Å²) < 4.78 is 1.77. The van der Waals surface area contributed by atoms with Crippen LogP contribution in [0.25, 0.3) is 16.9 Å². The monoisotopic (exact) mass is 485 g/mol. The van der Waals surface area contributed by atoms with Crippen molar-refractivity contribution in [3.63, 3.8) is 0 Å². The number of hydrogen-bond donors (Lipinski definition) is 2. The first-order chi connectivity index (χ1) is 17.0. The van der Waals surface area contributed by atoms with E-state index in [0.29, 0.717) is 5.69 Å². The summed E-state index contributed by atoms with van der Waals surface area (Å²) in [4.78, 5) is 26.9. The summed E-state index contributed by atoms with van der Waals surface area (Å²) in [5.74, 6) is -1.00. The Balaban J connectivity index is 1.58. The van der Waals surface area contributed by atoms with Crippen LogP contribution in [0, 0.1) is 0 Å². The number of hydrogen-bond acceptors (Lipinski definition) is 5. The smallest absolute Gasteiger partial charge is 0.326 e. The zero-order valence-electron chi connectivity index (χ0n) is 18.7. The lowest BCUT2D eigenvalue weighted by atomic mass is 10.0. The molecule has 2 N–H and O–H groups in total. The molecule has 2 heterocycles. The number of carbonyl (C=O) groups is 2. The van der Waals surface area contributed by atoms with E-state index in [1.807, 2.05) is 66.9 Å². The molecule has 5 rings (SSSR count). The van der Waals surface area contributed by atoms with Crippen LogP contribution in [0.15, 0.2) is 91.1 Å². The second-order valence-corrected chi connectivity index (χ2v) is 9.34. The molecule has 7 nitrogen and oxygen atoms in total. The highest BCUT2D eigenvalue weighted by molar-refractivity contribution is 8.00. The van der Waals surface area contributed by atoms with Crippen molar-refractivity contribution in [2.75, 3.05) is 5.75 Å². The number of amides is 1. The van der Waals surface area contributed by atoms with Gasteiger partial charge in [0.25, 0.3) is 0 Å². The zero-order chi connectivity index (χ0) is 24.4. The predicted octanol–water partition coefficient (Wildman–Crippen LogP) is 4.51. The summed E-state index contributed by atoms with van der Waals surface area (Å²) in [6.45, 7) is 0. The molecule has 4 aromatic rings. The Bertz CT molecular complexity index is 1340. The molecule has 176 valence electrons. The van der Waals surface area contributed by atoms with Crippen LogP contribution in [0.4, 0.5) is 0 Å². The number of aromatic hydroxyl groups is 1. The summed E-state index contributed by atoms with van der Waals surface area (Å²) in [6.07, 6.45) is 2.02. The van der Waals surface area contributed by atoms with Gasteiger partial charge in [0.1, 0.15) is 17.2 Å². The number of para-hydroxylation sites is 1. The Hall–Kier alpha value is -4.04. The highest BCUT2D eigenvalue weighted by Crippen LogP contribution is 2.44. The molecule has 1 aliphatic rings. The SMILES string of the molecule is O=C(O)[C@H](Cc1ccc(O)cc1)N1C(=O)CS[C@@H]1c1cn(-c2ccccc2)nc1-c1ccccc1. The third kappa shape index (κ3) is 4.65. The maximum atomic E-state index is 13.0. The second-order valence-electron chi connectivity index (χ2n) is 8.27. The molecule has 0 unspecified atom stereocenters. The van der Waals surface area contributed by atoms with Gasteiger partial charge in [0, 0.05) is 23.7 Å². The van der Waals surface area contributed by atoms with Crippen molar-refractivity contribution in [2.24, 2.45) is 0 Å². The first-order valence-corrected chi connectivity index (χ1v) is 12.2. The van der Waals surface area contributed by atoms with Crippen molar-refractivity contribution in [1.82, 2.24) is 14.7 Å². The maximum Gasteiger partial charge on any atom is 0.326 e. The molecule has 0 spiro atoms. The predicted molar refractivity (Wildman–Crippen MR) is 134 cm³/mol. The fraction of sp³-hybridized carbons (Fsp3) is 0.148. The van der Waals surface area contributed by atoms with Crippen LogP contribution < -0.4 is 0 Å². The van der Waals surface area contributed by atoms with E-state index in [2.05, 4.69) is 0 Å². The van der Waals surface area contributed by atoms with Crippen LogP contribution in [0.3, 0.4) is 0 Å². The Labute approximate surface area is 206 Å². The average Bonchev–Trinajstić information content (AvgIpc) is 3.48. The van der Waals surface area contributed by atoms with Gasteiger partial charge in [0.05, 0.1) is 17.1 Å². The summed E-state index contributed by atoms with van der Waals surface area (Å²) in [5.41, 5.74) is 3.98. The minimum absolute atomic E-state index is 0.104. The number of carboxylic acids is 1. The van der Waals surface area contributed by atoms with Gasteiger partial charge in [-0.15, -0.1) is 11.8 Å². The minimum atomic E-state index is -1.07. The number of phenols is 1. The molecule has 1 aliphatic heterocycles. The molecule has 1 fully saturated rings. The van der Waals surface area contributed by atoms with Crippen molar-refractivity contribution in [2.45, 2.75) is 17.8 Å². The van der Waals surface area contributed by atoms with Crippen LogP contribution in [0.5, 0.6) is 5.75 Å². The van der Waals surface area contributed by atoms with E-state index in [-0.39, 0.29) is 23.8 Å². The van der Waals surface area contributed by atoms with E-state index in [1.165, 1.54) is 28.8 Å². The molecular weight excluding hydrogens is 462 g/mol. The summed E-state index contributed by atoms with van der Waals surface area (Å²) in [7, 11) is 0. The first-order valence-electron chi connectivity index (χ1n) is 11.1. The van der Waals surface area contributed by atoms with Gasteiger partial charge in [0.2, 0.25) is 5.91 Å². The van der Waals surface area contributed by atoms with Gasteiger partial charge < -0.3 is 15.1 Å². The number of benzene rings is 3. The number of aliphatic carboxylic acids is 1. The Morgan fingerprint density at radius 3 is 2.31 bits per heavy atom. The molecule has 3 aromatic carbocycles. The van der Waals surface area contributed by atoms with E-state index < -0.39 is 17.4 Å². The molecule has 1 amide bonds. The van der Waals surface area contributed by atoms with Crippen LogP contribution in [-0.2, 0) is 16.0 Å². The van der Waals surface area contributed by atoms with Crippen LogP contribution >= 0.6 is 11.8 Å². The van der Waals surface area contributed by atoms with E-state index in [0.717, 1.165) is 22.4 Å². The number of nitrogens with zero attached hydrogens (tertiary/aromatic N) is 3. The lowest BCUT2D eigenvalue weighted by Crippen LogP contribution is -2.45. The molecule has 1 saturated heterocycles. The standard InChI is InChI=1S/C27H23N3O4S/c31-21-13-11-18(12-14-21)15-23(27(33)34)30-24(32)17-35-26(30)22-16-29(20-9-5-2-6-10-20)28-25(22)19-7-3-1-4-8-19/h1-14,16,23,26,31H,15,17H2,(H,33,34)/t23-,26+/m0/s1. The number of thioether (sulfide) groups is 1. The van der Waals surface area contributed by atoms with Crippen molar-refractivity contribution < 1.29 is 19.8 Å². The van der Waals surface area contributed by atoms with Crippen molar-refractivity contribution >= 4 is 23.6 Å². The van der Waals surface area contributed by atoms with Crippen LogP contribution in [-0.4, -0.2) is 48.6 Å². The highest BCUT2D eigenvalue weighted by atomic mass is 32.2. The topological polar surface area (TPSA) is 95.7 Å². The molecule has 2 atom stereocenters. The molecular formula is C27H23N3O4S. The van der Waals surface area contributed by atoms with Gasteiger partial charge >= 0.3 is 5.97 Å². The van der Waals surface area contributed by atoms with Gasteiger partial charge in [-0.2, -0.15) is 5.10 Å². The summed E-state index contributed by atoms with van der Waals surface area (Å²) >= 11 is 1.41. The Morgan fingerprint density at radius 1 is 1.00 bits per heavy atom. The minimum Gasteiger partial charge on any atom is -0.508 e. The van der Waals surface area contributed by atoms with Gasteiger partial charge in [-0.3, -0.25) is 4.79 Å². The number of aromatic nitrogens is 2. The maximum absolute atomic E-state index is 13.0. The molecule has 0 radical (unpaired) electrons. The quantitative estimate of drug-likeness (QED) is 0.400. The van der Waals surface area contributed by atoms with Crippen molar-refractivity contribution in [3.05, 3.63) is 102 Å². The van der Waals surface area contributed by atoms with E-state index in [9.17, 15) is 19.8 Å². The molecule has 8 heteroatoms. The van der Waals surface area contributed by atoms with Gasteiger partial charge in [0.15, 0.2) is 0 Å². The number of carboxylic acid groups (broad SMARTS) is 1. The molecule has 0 saturated carbocycles. The first kappa shape index (κ1) is 22.7. The molecule has 1 aromatic heterocycles. The normalized spacial score (nSPS) is 16.4. The Kier molecular flexibility index (Phi) is 6.29. The summed E-state index contributed by atoms with van der Waals surface area (Å²) in [6, 6.07) is 24.7. The average molecular weight is 486 g/mol. The van der Waals surface area contributed by atoms with Crippen LogP contribution in [0.2, 0.25) is 0 Å². The van der Waals surface area contributed by atoms with Crippen molar-refractivity contribution in [1.29, 1.82) is 0 Å². The lowest BCUT2D eigenvalue weighted by molar-refractivity contribution is -0.149. The second kappa shape index (κ2) is 9.68. The van der Waals surface area contributed by atoms with E-state index in [4.69, 9.17) is 5.10 Å². The number of carbonyl (C=O) groups excluding carboxylic acids is 1. The largest absolute Gasteiger partial charge is 0.508 e. The van der Waals surface area contributed by atoms with E-state index in [1.54, 1.807) is 16.8 Å². The van der Waals surface area contributed by atoms with Gasteiger partial charge in [-0.05, 0) is 29.8 Å². The van der Waals surface area contributed by atoms with Crippen molar-refractivity contribution in [3.8, 4) is 22.7 Å². The zero-order valence-corrected chi connectivity index (χ0v) is 19.5. The Morgan fingerprint density at radius 2 is 1.66 bits per heavy atom. The van der Waals surface area contributed by atoms with Crippen LogP contribution in [0.1, 0.15) is 16.5 Å². The number of phenolic OH excluding ortho intramolecular Hbond substituents is 1. The van der Waals surface area contributed by atoms with Gasteiger partial charge in [-0.25, -0.2) is 9.48 Å². The fourth-order valence-corrected chi connectivity index (χ4v) is 5.50. The molecule has 0 bridgehead atoms. The molecule has 0 aliphatic carbocycles. The third-order valence-corrected chi connectivity index (χ3v) is 7.18. The highest BCUT2D eigenvalue weighted by Gasteiger charge is 2.42.